The predicted molar refractivity (Wildman–Crippen MR) is 87.3 cm³/mol. The molecule has 0 saturated carbocycles. The number of nitro benzene ring substituents is 1. The van der Waals surface area contributed by atoms with Gasteiger partial charge in [0.15, 0.2) is 0 Å². The number of hydrogen-bond donors (Lipinski definition) is 1. The summed E-state index contributed by atoms with van der Waals surface area (Å²) >= 11 is 1.63. The summed E-state index contributed by atoms with van der Waals surface area (Å²) < 4.78 is 0. The number of carbonyl (C=O) groups excluding carboxylic acids is 1. The lowest BCUT2D eigenvalue weighted by atomic mass is 10.1. The van der Waals surface area contributed by atoms with E-state index < -0.39 is 10.8 Å². The summed E-state index contributed by atoms with van der Waals surface area (Å²) in [5, 5.41) is 13.6. The quantitative estimate of drug-likeness (QED) is 0.383. The van der Waals surface area contributed by atoms with Crippen molar-refractivity contribution in [2.24, 2.45) is 0 Å². The number of nitrogens with one attached hydrogen (secondary N) is 1. The van der Waals surface area contributed by atoms with E-state index in [0.29, 0.717) is 12.3 Å². The lowest BCUT2D eigenvalue weighted by molar-refractivity contribution is -0.385. The standard InChI is InChI=1S/C16H16N2O3S/c1-12-6-8-13(9-7-12)22-11-10-17-16(19)14-4-2-3-5-15(14)18(20)21/h2-9H,10-11H2,1H3,(H,17,19). The molecule has 0 saturated heterocycles. The Labute approximate surface area is 132 Å². The SMILES string of the molecule is Cc1ccc(SCCNC(=O)c2ccccc2[N+](=O)[O-])cc1. The molecular weight excluding hydrogens is 300 g/mol. The fourth-order valence-corrected chi connectivity index (χ4v) is 2.66. The Balaban J connectivity index is 1.86. The van der Waals surface area contributed by atoms with Crippen LogP contribution in [-0.4, -0.2) is 23.1 Å². The summed E-state index contributed by atoms with van der Waals surface area (Å²) in [5.41, 5.74) is 1.12. The van der Waals surface area contributed by atoms with E-state index in [4.69, 9.17) is 0 Å². The van der Waals surface area contributed by atoms with Crippen molar-refractivity contribution >= 4 is 23.4 Å². The van der Waals surface area contributed by atoms with Crippen molar-refractivity contribution in [2.75, 3.05) is 12.3 Å². The Morgan fingerprint density at radius 1 is 1.18 bits per heavy atom. The zero-order valence-electron chi connectivity index (χ0n) is 12.1. The third-order valence-electron chi connectivity index (χ3n) is 3.02. The van der Waals surface area contributed by atoms with Crippen LogP contribution in [0.15, 0.2) is 53.4 Å². The highest BCUT2D eigenvalue weighted by Gasteiger charge is 2.18. The summed E-state index contributed by atoms with van der Waals surface area (Å²) in [5.74, 6) is 0.284. The van der Waals surface area contributed by atoms with Crippen molar-refractivity contribution in [2.45, 2.75) is 11.8 Å². The normalized spacial score (nSPS) is 10.2. The lowest BCUT2D eigenvalue weighted by Gasteiger charge is -2.06. The monoisotopic (exact) mass is 316 g/mol. The molecule has 1 amide bonds. The molecule has 2 aromatic carbocycles. The van der Waals surface area contributed by atoms with Crippen LogP contribution in [0.4, 0.5) is 5.69 Å². The third kappa shape index (κ3) is 4.33. The number of amides is 1. The molecule has 0 spiro atoms. The van der Waals surface area contributed by atoms with Gasteiger partial charge in [-0.2, -0.15) is 0 Å². The number of rotatable bonds is 6. The lowest BCUT2D eigenvalue weighted by Crippen LogP contribution is -2.26. The summed E-state index contributed by atoms with van der Waals surface area (Å²) in [6.45, 7) is 2.48. The molecular formula is C16H16N2O3S. The number of nitrogens with zero attached hydrogens (tertiary/aromatic N) is 1. The molecule has 0 aliphatic heterocycles. The second-order valence-corrected chi connectivity index (χ2v) is 5.86. The van der Waals surface area contributed by atoms with Gasteiger partial charge in [-0.15, -0.1) is 11.8 Å². The number of aryl methyl sites for hydroxylation is 1. The van der Waals surface area contributed by atoms with Gasteiger partial charge in [0.1, 0.15) is 5.56 Å². The van der Waals surface area contributed by atoms with Gasteiger partial charge in [0.25, 0.3) is 11.6 Å². The average molecular weight is 316 g/mol. The zero-order valence-corrected chi connectivity index (χ0v) is 12.9. The molecule has 0 aliphatic rings. The molecule has 0 bridgehead atoms. The van der Waals surface area contributed by atoms with Gasteiger partial charge >= 0.3 is 0 Å². The molecule has 5 nitrogen and oxygen atoms in total. The Kier molecular flexibility index (Phi) is 5.55. The summed E-state index contributed by atoms with van der Waals surface area (Å²) in [7, 11) is 0. The van der Waals surface area contributed by atoms with Crippen molar-refractivity contribution < 1.29 is 9.72 Å². The highest BCUT2D eigenvalue weighted by atomic mass is 32.2. The first-order valence-corrected chi connectivity index (χ1v) is 7.77. The Morgan fingerprint density at radius 3 is 2.55 bits per heavy atom. The minimum atomic E-state index is -0.546. The first-order chi connectivity index (χ1) is 10.6. The third-order valence-corrected chi connectivity index (χ3v) is 4.04. The molecule has 2 rings (SSSR count). The fourth-order valence-electron chi connectivity index (χ4n) is 1.89. The molecule has 0 aromatic heterocycles. The van der Waals surface area contributed by atoms with Gasteiger partial charge in [0.2, 0.25) is 0 Å². The maximum atomic E-state index is 12.0. The topological polar surface area (TPSA) is 72.2 Å². The molecule has 0 fully saturated rings. The summed E-state index contributed by atoms with van der Waals surface area (Å²) in [6.07, 6.45) is 0. The van der Waals surface area contributed by atoms with Gasteiger partial charge in [0, 0.05) is 23.3 Å². The molecule has 1 N–H and O–H groups in total. The van der Waals surface area contributed by atoms with E-state index in [1.54, 1.807) is 23.9 Å². The van der Waals surface area contributed by atoms with Gasteiger partial charge in [-0.25, -0.2) is 0 Å². The molecule has 22 heavy (non-hydrogen) atoms. The van der Waals surface area contributed by atoms with Crippen LogP contribution in [0.5, 0.6) is 0 Å². The summed E-state index contributed by atoms with van der Waals surface area (Å²) in [4.78, 5) is 23.5. The highest BCUT2D eigenvalue weighted by Crippen LogP contribution is 2.19. The molecule has 0 radical (unpaired) electrons. The summed E-state index contributed by atoms with van der Waals surface area (Å²) in [6, 6.07) is 14.1. The maximum absolute atomic E-state index is 12.0. The molecule has 0 heterocycles. The van der Waals surface area contributed by atoms with Gasteiger partial charge < -0.3 is 5.32 Å². The van der Waals surface area contributed by atoms with Crippen molar-refractivity contribution in [1.82, 2.24) is 5.32 Å². The van der Waals surface area contributed by atoms with Crippen molar-refractivity contribution in [3.8, 4) is 0 Å². The highest BCUT2D eigenvalue weighted by molar-refractivity contribution is 7.99. The molecule has 0 aliphatic carbocycles. The van der Waals surface area contributed by atoms with Crippen LogP contribution in [0.3, 0.4) is 0 Å². The second kappa shape index (κ2) is 7.61. The Bertz CT molecular complexity index is 671. The number of thioether (sulfide) groups is 1. The number of nitro groups is 1. The van der Waals surface area contributed by atoms with Crippen molar-refractivity contribution in [3.05, 3.63) is 69.8 Å². The van der Waals surface area contributed by atoms with E-state index in [1.807, 2.05) is 31.2 Å². The molecule has 2 aromatic rings. The fraction of sp³-hybridized carbons (Fsp3) is 0.188. The van der Waals surface area contributed by atoms with E-state index in [1.165, 1.54) is 17.7 Å². The van der Waals surface area contributed by atoms with Gasteiger partial charge in [-0.3, -0.25) is 14.9 Å². The average Bonchev–Trinajstić information content (AvgIpc) is 2.53. The number of carbonyl (C=O) groups is 1. The largest absolute Gasteiger partial charge is 0.351 e. The smallest absolute Gasteiger partial charge is 0.282 e. The predicted octanol–water partition coefficient (Wildman–Crippen LogP) is 3.43. The number of hydrogen-bond acceptors (Lipinski definition) is 4. The van der Waals surface area contributed by atoms with Crippen LogP contribution in [0, 0.1) is 17.0 Å². The van der Waals surface area contributed by atoms with E-state index in [-0.39, 0.29) is 11.3 Å². The van der Waals surface area contributed by atoms with Crippen LogP contribution in [0.2, 0.25) is 0 Å². The van der Waals surface area contributed by atoms with Gasteiger partial charge in [-0.1, -0.05) is 29.8 Å². The van der Waals surface area contributed by atoms with Gasteiger partial charge in [0.05, 0.1) is 4.92 Å². The van der Waals surface area contributed by atoms with E-state index in [9.17, 15) is 14.9 Å². The molecule has 114 valence electrons. The first-order valence-electron chi connectivity index (χ1n) is 6.79. The van der Waals surface area contributed by atoms with Crippen LogP contribution in [0.1, 0.15) is 15.9 Å². The van der Waals surface area contributed by atoms with Crippen molar-refractivity contribution in [3.63, 3.8) is 0 Å². The van der Waals surface area contributed by atoms with Crippen LogP contribution >= 0.6 is 11.8 Å². The maximum Gasteiger partial charge on any atom is 0.282 e. The minimum absolute atomic E-state index is 0.0906. The number of benzene rings is 2. The van der Waals surface area contributed by atoms with E-state index in [2.05, 4.69) is 5.32 Å². The minimum Gasteiger partial charge on any atom is -0.351 e. The second-order valence-electron chi connectivity index (χ2n) is 4.69. The van der Waals surface area contributed by atoms with Gasteiger partial charge in [-0.05, 0) is 25.1 Å². The van der Waals surface area contributed by atoms with E-state index >= 15 is 0 Å². The van der Waals surface area contributed by atoms with E-state index in [0.717, 1.165) is 4.90 Å². The molecule has 0 atom stereocenters. The van der Waals surface area contributed by atoms with Crippen LogP contribution in [0.25, 0.3) is 0 Å². The molecule has 6 heteroatoms. The van der Waals surface area contributed by atoms with Crippen LogP contribution in [-0.2, 0) is 0 Å². The van der Waals surface area contributed by atoms with Crippen LogP contribution < -0.4 is 5.32 Å². The zero-order chi connectivity index (χ0) is 15.9. The Hall–Kier alpha value is -2.34. The Morgan fingerprint density at radius 2 is 1.86 bits per heavy atom. The number of para-hydroxylation sites is 1. The molecule has 0 unspecified atom stereocenters. The first kappa shape index (κ1) is 16.0. The van der Waals surface area contributed by atoms with Crippen molar-refractivity contribution in [1.29, 1.82) is 0 Å².